The van der Waals surface area contributed by atoms with Crippen LogP contribution in [-0.4, -0.2) is 52.2 Å². The maximum absolute atomic E-state index is 11.3. The van der Waals surface area contributed by atoms with E-state index >= 15 is 0 Å². The highest BCUT2D eigenvalue weighted by atomic mass is 32.2. The molecule has 0 aliphatic carbocycles. The van der Waals surface area contributed by atoms with Crippen LogP contribution in [0.1, 0.15) is 6.92 Å². The van der Waals surface area contributed by atoms with E-state index in [1.54, 1.807) is 0 Å². The minimum Gasteiger partial charge on any atom is -0.480 e. The molecular weight excluding hydrogens is 248 g/mol. The first-order valence-electron chi connectivity index (χ1n) is 5.06. The van der Waals surface area contributed by atoms with Crippen molar-refractivity contribution in [1.82, 2.24) is 10.6 Å². The van der Waals surface area contributed by atoms with Crippen molar-refractivity contribution in [3.05, 3.63) is 0 Å². The van der Waals surface area contributed by atoms with E-state index in [2.05, 4.69) is 10.6 Å². The van der Waals surface area contributed by atoms with Crippen molar-refractivity contribution in [1.29, 1.82) is 0 Å². The molecule has 1 saturated heterocycles. The van der Waals surface area contributed by atoms with Gasteiger partial charge in [0.15, 0.2) is 0 Å². The fraction of sp³-hybridized carbons (Fsp3) is 0.778. The molecule has 1 aliphatic heterocycles. The van der Waals surface area contributed by atoms with Gasteiger partial charge in [-0.2, -0.15) is 23.5 Å². The number of nitrogens with one attached hydrogen (secondary N) is 2. The lowest BCUT2D eigenvalue weighted by atomic mass is 10.3. The Hall–Kier alpha value is -0.560. The molecular formula is C9H16N2O3S2. The number of thioether (sulfide) groups is 2. The minimum absolute atomic E-state index is 0.411. The zero-order valence-corrected chi connectivity index (χ0v) is 10.7. The summed E-state index contributed by atoms with van der Waals surface area (Å²) in [5.74, 6) is 2.30. The molecule has 5 nitrogen and oxygen atoms in total. The third kappa shape index (κ3) is 4.98. The van der Waals surface area contributed by atoms with Crippen molar-refractivity contribution < 1.29 is 14.7 Å². The number of carbonyl (C=O) groups excluding carboxylic acids is 1. The summed E-state index contributed by atoms with van der Waals surface area (Å²) in [4.78, 5) is 21.8. The Bertz CT molecular complexity index is 257. The number of urea groups is 1. The average molecular weight is 264 g/mol. The van der Waals surface area contributed by atoms with E-state index in [0.717, 1.165) is 11.5 Å². The van der Waals surface area contributed by atoms with Gasteiger partial charge in [0, 0.05) is 29.1 Å². The highest BCUT2D eigenvalue weighted by Crippen LogP contribution is 2.23. The van der Waals surface area contributed by atoms with E-state index in [1.807, 2.05) is 23.5 Å². The normalized spacial score (nSPS) is 22.2. The number of carbonyl (C=O) groups is 2. The summed E-state index contributed by atoms with van der Waals surface area (Å²) in [5, 5.41) is 14.1. The molecule has 0 spiro atoms. The van der Waals surface area contributed by atoms with Crippen LogP contribution in [0.25, 0.3) is 0 Å². The Morgan fingerprint density at radius 3 is 2.81 bits per heavy atom. The maximum Gasteiger partial charge on any atom is 0.325 e. The molecule has 2 amide bonds. The second kappa shape index (κ2) is 6.90. The standard InChI is InChI=1S/C9H16N2O3S2/c1-6(8(12)13)11-9(14)10-4-7-5-15-2-3-16-7/h6-7H,2-5H2,1H3,(H,12,13)(H2,10,11,14)/t6-,7?/m0/s1. The van der Waals surface area contributed by atoms with Crippen molar-refractivity contribution in [2.75, 3.05) is 23.8 Å². The molecule has 2 atom stereocenters. The molecule has 0 saturated carbocycles. The zero-order valence-electron chi connectivity index (χ0n) is 9.06. The number of amides is 2. The summed E-state index contributed by atoms with van der Waals surface area (Å²) >= 11 is 3.74. The molecule has 0 aromatic heterocycles. The molecule has 0 bridgehead atoms. The van der Waals surface area contributed by atoms with Crippen LogP contribution in [0, 0.1) is 0 Å². The molecule has 92 valence electrons. The van der Waals surface area contributed by atoms with Gasteiger partial charge in [-0.3, -0.25) is 4.79 Å². The van der Waals surface area contributed by atoms with Crippen molar-refractivity contribution in [3.8, 4) is 0 Å². The lowest BCUT2D eigenvalue weighted by molar-refractivity contribution is -0.138. The van der Waals surface area contributed by atoms with Gasteiger partial charge in [0.25, 0.3) is 0 Å². The van der Waals surface area contributed by atoms with Gasteiger partial charge in [-0.05, 0) is 6.92 Å². The van der Waals surface area contributed by atoms with Gasteiger partial charge >= 0.3 is 12.0 Å². The van der Waals surface area contributed by atoms with Crippen molar-refractivity contribution in [2.24, 2.45) is 0 Å². The van der Waals surface area contributed by atoms with E-state index in [0.29, 0.717) is 11.8 Å². The number of hydrogen-bond acceptors (Lipinski definition) is 4. The third-order valence-corrected chi connectivity index (χ3v) is 4.94. The predicted molar refractivity (Wildman–Crippen MR) is 67.2 cm³/mol. The Morgan fingerprint density at radius 1 is 1.50 bits per heavy atom. The number of carboxylic acids is 1. The van der Waals surface area contributed by atoms with Crippen LogP contribution < -0.4 is 10.6 Å². The summed E-state index contributed by atoms with van der Waals surface area (Å²) in [6, 6.07) is -1.26. The van der Waals surface area contributed by atoms with Gasteiger partial charge in [-0.25, -0.2) is 4.79 Å². The average Bonchev–Trinajstić information content (AvgIpc) is 2.27. The number of aliphatic carboxylic acids is 1. The molecule has 1 heterocycles. The van der Waals surface area contributed by atoms with Gasteiger partial charge in [-0.1, -0.05) is 0 Å². The Labute approximate surface area is 103 Å². The quantitative estimate of drug-likeness (QED) is 0.693. The van der Waals surface area contributed by atoms with E-state index in [9.17, 15) is 9.59 Å². The first-order valence-corrected chi connectivity index (χ1v) is 7.26. The van der Waals surface area contributed by atoms with Gasteiger partial charge in [0.1, 0.15) is 6.04 Å². The molecule has 1 fully saturated rings. The van der Waals surface area contributed by atoms with Crippen LogP contribution in [0.15, 0.2) is 0 Å². The largest absolute Gasteiger partial charge is 0.480 e. The molecule has 0 aromatic carbocycles. The summed E-state index contributed by atoms with van der Waals surface area (Å²) in [7, 11) is 0. The Kier molecular flexibility index (Phi) is 5.83. The predicted octanol–water partition coefficient (Wildman–Crippen LogP) is 0.607. The lowest BCUT2D eigenvalue weighted by Gasteiger charge is -2.21. The van der Waals surface area contributed by atoms with Crippen LogP contribution >= 0.6 is 23.5 Å². The Morgan fingerprint density at radius 2 is 2.25 bits per heavy atom. The maximum atomic E-state index is 11.3. The van der Waals surface area contributed by atoms with Crippen LogP contribution in [-0.2, 0) is 4.79 Å². The molecule has 3 N–H and O–H groups in total. The molecule has 1 unspecified atom stereocenters. The van der Waals surface area contributed by atoms with Crippen molar-refractivity contribution in [2.45, 2.75) is 18.2 Å². The molecule has 1 aliphatic rings. The summed E-state index contributed by atoms with van der Waals surface area (Å²) in [6.07, 6.45) is 0. The molecule has 7 heteroatoms. The van der Waals surface area contributed by atoms with E-state index in [1.165, 1.54) is 12.7 Å². The van der Waals surface area contributed by atoms with Gasteiger partial charge < -0.3 is 15.7 Å². The van der Waals surface area contributed by atoms with Gasteiger partial charge in [0.2, 0.25) is 0 Å². The van der Waals surface area contributed by atoms with Crippen LogP contribution in [0.2, 0.25) is 0 Å². The summed E-state index contributed by atoms with van der Waals surface area (Å²) < 4.78 is 0. The highest BCUT2D eigenvalue weighted by molar-refractivity contribution is 8.06. The fourth-order valence-electron chi connectivity index (χ4n) is 1.17. The first-order chi connectivity index (χ1) is 7.59. The Balaban J connectivity index is 2.16. The molecule has 0 radical (unpaired) electrons. The SMILES string of the molecule is C[C@H](NC(=O)NCC1CSCCS1)C(=O)O. The summed E-state index contributed by atoms with van der Waals surface area (Å²) in [5.41, 5.74) is 0. The third-order valence-electron chi connectivity index (χ3n) is 2.09. The fourth-order valence-corrected chi connectivity index (χ4v) is 3.78. The van der Waals surface area contributed by atoms with Gasteiger partial charge in [-0.15, -0.1) is 0 Å². The lowest BCUT2D eigenvalue weighted by Crippen LogP contribution is -2.46. The highest BCUT2D eigenvalue weighted by Gasteiger charge is 2.17. The first kappa shape index (κ1) is 13.5. The minimum atomic E-state index is -1.03. The van der Waals surface area contributed by atoms with E-state index in [-0.39, 0.29) is 0 Å². The molecule has 16 heavy (non-hydrogen) atoms. The van der Waals surface area contributed by atoms with E-state index < -0.39 is 18.0 Å². The van der Waals surface area contributed by atoms with Crippen LogP contribution in [0.4, 0.5) is 4.79 Å². The zero-order chi connectivity index (χ0) is 12.0. The smallest absolute Gasteiger partial charge is 0.325 e. The van der Waals surface area contributed by atoms with Crippen molar-refractivity contribution in [3.63, 3.8) is 0 Å². The second-order valence-corrected chi connectivity index (χ2v) is 6.04. The van der Waals surface area contributed by atoms with Crippen LogP contribution in [0.5, 0.6) is 0 Å². The number of rotatable bonds is 4. The number of carboxylic acid groups (broad SMARTS) is 1. The van der Waals surface area contributed by atoms with E-state index in [4.69, 9.17) is 5.11 Å². The number of hydrogen-bond donors (Lipinski definition) is 3. The second-order valence-electron chi connectivity index (χ2n) is 3.48. The van der Waals surface area contributed by atoms with Crippen molar-refractivity contribution >= 4 is 35.5 Å². The van der Waals surface area contributed by atoms with Crippen LogP contribution in [0.3, 0.4) is 0 Å². The molecule has 1 rings (SSSR count). The summed E-state index contributed by atoms with van der Waals surface area (Å²) in [6.45, 7) is 2.03. The van der Waals surface area contributed by atoms with Gasteiger partial charge in [0.05, 0.1) is 0 Å². The topological polar surface area (TPSA) is 78.4 Å². The molecule has 0 aromatic rings. The monoisotopic (exact) mass is 264 g/mol.